The van der Waals surface area contributed by atoms with E-state index in [0.29, 0.717) is 0 Å². The van der Waals surface area contributed by atoms with Crippen molar-refractivity contribution in [3.8, 4) is 5.75 Å². The third kappa shape index (κ3) is 1.28. The van der Waals surface area contributed by atoms with E-state index in [1.54, 1.807) is 7.11 Å². The van der Waals surface area contributed by atoms with Crippen molar-refractivity contribution in [2.24, 2.45) is 0 Å². The minimum atomic E-state index is 0.799. The van der Waals surface area contributed by atoms with Crippen LogP contribution >= 0.6 is 0 Å². The fraction of sp³-hybridized carbons (Fsp3) is 0.182. The highest BCUT2D eigenvalue weighted by Crippen LogP contribution is 2.23. The molecule has 1 heterocycles. The van der Waals surface area contributed by atoms with Gasteiger partial charge in [-0.05, 0) is 37.1 Å². The summed E-state index contributed by atoms with van der Waals surface area (Å²) >= 11 is 0. The summed E-state index contributed by atoms with van der Waals surface area (Å²) < 4.78 is 5.16. The zero-order valence-corrected chi connectivity index (χ0v) is 7.63. The minimum absolute atomic E-state index is 0.799. The van der Waals surface area contributed by atoms with Crippen molar-refractivity contribution >= 4 is 10.9 Å². The number of H-pyrrole nitrogens is 1. The highest BCUT2D eigenvalue weighted by Gasteiger charge is 2.02. The number of aromatic nitrogens is 1. The number of methoxy groups -OCH3 is 1. The maximum Gasteiger partial charge on any atom is 0.119 e. The standard InChI is InChI=1S/C11H12NO/c1-3-8-7-12-11-5-4-9(13-2)6-10(8)11/h4-7,12H,1,3H2,2H3. The second-order valence-electron chi connectivity index (χ2n) is 2.98. The largest absolute Gasteiger partial charge is 0.497 e. The van der Waals surface area contributed by atoms with Gasteiger partial charge in [0.1, 0.15) is 5.75 Å². The molecule has 1 aromatic carbocycles. The van der Waals surface area contributed by atoms with Gasteiger partial charge in [0.05, 0.1) is 7.11 Å². The lowest BCUT2D eigenvalue weighted by molar-refractivity contribution is 0.415. The zero-order valence-electron chi connectivity index (χ0n) is 7.63. The summed E-state index contributed by atoms with van der Waals surface area (Å²) in [5, 5.41) is 1.20. The van der Waals surface area contributed by atoms with Crippen molar-refractivity contribution in [3.63, 3.8) is 0 Å². The SMILES string of the molecule is [CH2]Cc1c[nH]c2ccc(OC)cc12. The van der Waals surface area contributed by atoms with E-state index in [9.17, 15) is 0 Å². The van der Waals surface area contributed by atoms with Crippen LogP contribution in [-0.2, 0) is 6.42 Å². The van der Waals surface area contributed by atoms with Crippen LogP contribution in [-0.4, -0.2) is 12.1 Å². The normalized spacial score (nSPS) is 10.6. The molecule has 2 heteroatoms. The number of rotatable bonds is 2. The molecular weight excluding hydrogens is 162 g/mol. The molecule has 0 atom stereocenters. The number of fused-ring (bicyclic) bond motifs is 1. The summed E-state index contributed by atoms with van der Waals surface area (Å²) in [6.45, 7) is 3.87. The minimum Gasteiger partial charge on any atom is -0.497 e. The highest BCUT2D eigenvalue weighted by molar-refractivity contribution is 5.84. The van der Waals surface area contributed by atoms with E-state index in [2.05, 4.69) is 11.9 Å². The molecule has 0 aliphatic heterocycles. The van der Waals surface area contributed by atoms with Gasteiger partial charge in [-0.1, -0.05) is 0 Å². The Bertz CT molecular complexity index is 417. The Morgan fingerprint density at radius 2 is 2.31 bits per heavy atom. The van der Waals surface area contributed by atoms with Crippen molar-refractivity contribution in [1.82, 2.24) is 4.98 Å². The number of hydrogen-bond donors (Lipinski definition) is 1. The van der Waals surface area contributed by atoms with E-state index in [0.717, 1.165) is 17.7 Å². The van der Waals surface area contributed by atoms with Gasteiger partial charge in [0, 0.05) is 17.1 Å². The Morgan fingerprint density at radius 3 is 3.00 bits per heavy atom. The van der Waals surface area contributed by atoms with Crippen LogP contribution in [0.15, 0.2) is 24.4 Å². The summed E-state index contributed by atoms with van der Waals surface area (Å²) in [6.07, 6.45) is 2.80. The van der Waals surface area contributed by atoms with E-state index >= 15 is 0 Å². The quantitative estimate of drug-likeness (QED) is 0.743. The fourth-order valence-electron chi connectivity index (χ4n) is 1.49. The van der Waals surface area contributed by atoms with E-state index < -0.39 is 0 Å². The van der Waals surface area contributed by atoms with Gasteiger partial charge in [0.15, 0.2) is 0 Å². The Hall–Kier alpha value is -1.44. The molecule has 1 aromatic heterocycles. The molecule has 0 saturated carbocycles. The Kier molecular flexibility index (Phi) is 1.97. The number of ether oxygens (including phenoxy) is 1. The Morgan fingerprint density at radius 1 is 1.46 bits per heavy atom. The first-order valence-corrected chi connectivity index (χ1v) is 4.28. The first kappa shape index (κ1) is 8.17. The van der Waals surface area contributed by atoms with Crippen LogP contribution < -0.4 is 4.74 Å². The number of nitrogens with one attached hydrogen (secondary N) is 1. The van der Waals surface area contributed by atoms with Crippen LogP contribution in [0.4, 0.5) is 0 Å². The maximum atomic E-state index is 5.16. The molecule has 0 spiro atoms. The van der Waals surface area contributed by atoms with E-state index in [1.165, 1.54) is 10.9 Å². The molecule has 0 bridgehead atoms. The molecule has 0 aliphatic rings. The van der Waals surface area contributed by atoms with Gasteiger partial charge in [-0.15, -0.1) is 0 Å². The van der Waals surface area contributed by atoms with Crippen LogP contribution in [0, 0.1) is 6.92 Å². The molecule has 0 aliphatic carbocycles. The smallest absolute Gasteiger partial charge is 0.119 e. The molecule has 0 unspecified atom stereocenters. The molecule has 1 N–H and O–H groups in total. The van der Waals surface area contributed by atoms with Crippen LogP contribution in [0.5, 0.6) is 5.75 Å². The topological polar surface area (TPSA) is 25.0 Å². The lowest BCUT2D eigenvalue weighted by Gasteiger charge is -1.99. The van der Waals surface area contributed by atoms with Crippen molar-refractivity contribution in [2.45, 2.75) is 6.42 Å². The summed E-state index contributed by atoms with van der Waals surface area (Å²) in [7, 11) is 1.68. The highest BCUT2D eigenvalue weighted by atomic mass is 16.5. The zero-order chi connectivity index (χ0) is 9.26. The molecule has 0 fully saturated rings. The first-order chi connectivity index (χ1) is 6.35. The van der Waals surface area contributed by atoms with Crippen LogP contribution in [0.3, 0.4) is 0 Å². The predicted molar refractivity (Wildman–Crippen MR) is 53.9 cm³/mol. The monoisotopic (exact) mass is 174 g/mol. The Labute approximate surface area is 77.5 Å². The summed E-state index contributed by atoms with van der Waals surface area (Å²) in [5.74, 6) is 0.891. The summed E-state index contributed by atoms with van der Waals surface area (Å²) in [4.78, 5) is 3.19. The van der Waals surface area contributed by atoms with E-state index in [-0.39, 0.29) is 0 Å². The third-order valence-electron chi connectivity index (χ3n) is 2.24. The van der Waals surface area contributed by atoms with Crippen molar-refractivity contribution in [2.75, 3.05) is 7.11 Å². The third-order valence-corrected chi connectivity index (χ3v) is 2.24. The maximum absolute atomic E-state index is 5.16. The number of hydrogen-bond acceptors (Lipinski definition) is 1. The summed E-state index contributed by atoms with van der Waals surface area (Å²) in [6, 6.07) is 6.01. The van der Waals surface area contributed by atoms with Crippen molar-refractivity contribution in [1.29, 1.82) is 0 Å². The molecule has 0 amide bonds. The number of aromatic amines is 1. The first-order valence-electron chi connectivity index (χ1n) is 4.28. The molecule has 67 valence electrons. The predicted octanol–water partition coefficient (Wildman–Crippen LogP) is 2.55. The molecule has 2 aromatic rings. The van der Waals surface area contributed by atoms with Crippen LogP contribution in [0.2, 0.25) is 0 Å². The van der Waals surface area contributed by atoms with Crippen LogP contribution in [0.1, 0.15) is 5.56 Å². The average Bonchev–Trinajstić information content (AvgIpc) is 2.59. The lowest BCUT2D eigenvalue weighted by Crippen LogP contribution is -1.82. The average molecular weight is 174 g/mol. The molecule has 2 nitrogen and oxygen atoms in total. The van der Waals surface area contributed by atoms with E-state index in [4.69, 9.17) is 4.74 Å². The molecule has 2 rings (SSSR count). The molecule has 1 radical (unpaired) electrons. The van der Waals surface area contributed by atoms with Crippen molar-refractivity contribution < 1.29 is 4.74 Å². The molecule has 0 saturated heterocycles. The van der Waals surface area contributed by atoms with Gasteiger partial charge in [-0.25, -0.2) is 0 Å². The van der Waals surface area contributed by atoms with E-state index in [1.807, 2.05) is 24.4 Å². The van der Waals surface area contributed by atoms with Crippen LogP contribution in [0.25, 0.3) is 10.9 Å². The van der Waals surface area contributed by atoms with Gasteiger partial charge in [-0.3, -0.25) is 0 Å². The van der Waals surface area contributed by atoms with Gasteiger partial charge in [0.2, 0.25) is 0 Å². The Balaban J connectivity index is 2.64. The van der Waals surface area contributed by atoms with Gasteiger partial charge in [0.25, 0.3) is 0 Å². The fourth-order valence-corrected chi connectivity index (χ4v) is 1.49. The lowest BCUT2D eigenvalue weighted by atomic mass is 10.1. The second-order valence-corrected chi connectivity index (χ2v) is 2.98. The summed E-state index contributed by atoms with van der Waals surface area (Å²) in [5.41, 5.74) is 2.37. The number of benzene rings is 1. The van der Waals surface area contributed by atoms with Gasteiger partial charge in [-0.2, -0.15) is 0 Å². The molecule has 13 heavy (non-hydrogen) atoms. The van der Waals surface area contributed by atoms with Gasteiger partial charge < -0.3 is 9.72 Å². The van der Waals surface area contributed by atoms with Crippen molar-refractivity contribution in [3.05, 3.63) is 36.9 Å². The second kappa shape index (κ2) is 3.13. The molecular formula is C11H12NO. The van der Waals surface area contributed by atoms with Gasteiger partial charge >= 0.3 is 0 Å².